The molecule has 0 aliphatic carbocycles. The number of nitrogens with one attached hydrogen (secondary N) is 1. The molecule has 1 unspecified atom stereocenters. The first-order valence-corrected chi connectivity index (χ1v) is 9.03. The molecule has 5 heteroatoms. The van der Waals surface area contributed by atoms with E-state index in [-0.39, 0.29) is 11.8 Å². The summed E-state index contributed by atoms with van der Waals surface area (Å²) in [5.41, 5.74) is 3.22. The topological polar surface area (TPSA) is 54.4 Å². The van der Waals surface area contributed by atoms with E-state index in [0.717, 1.165) is 40.0 Å². The van der Waals surface area contributed by atoms with Crippen LogP contribution in [0.5, 0.6) is 0 Å². The summed E-state index contributed by atoms with van der Waals surface area (Å²) in [6.07, 6.45) is 3.57. The zero-order valence-corrected chi connectivity index (χ0v) is 15.4. The molecule has 0 bridgehead atoms. The fourth-order valence-electron chi connectivity index (χ4n) is 3.06. The lowest BCUT2D eigenvalue weighted by Gasteiger charge is -2.19. The van der Waals surface area contributed by atoms with Gasteiger partial charge in [0.2, 0.25) is 5.91 Å². The van der Waals surface area contributed by atoms with Crippen LogP contribution in [0.25, 0.3) is 0 Å². The van der Waals surface area contributed by atoms with Crippen LogP contribution in [0.3, 0.4) is 0 Å². The molecule has 1 amide bonds. The van der Waals surface area contributed by atoms with Crippen molar-refractivity contribution in [2.75, 3.05) is 5.32 Å². The number of aromatic nitrogens is 1. The Hall–Kier alpha value is -2.01. The Morgan fingerprint density at radius 1 is 1.21 bits per heavy atom. The van der Waals surface area contributed by atoms with Gasteiger partial charge in [0, 0.05) is 16.2 Å². The average molecular weight is 386 g/mol. The Morgan fingerprint density at radius 3 is 2.67 bits per heavy atom. The van der Waals surface area contributed by atoms with Gasteiger partial charge < -0.3 is 5.32 Å². The maximum atomic E-state index is 12.7. The molecule has 2 heterocycles. The number of benzene rings is 1. The lowest BCUT2D eigenvalue weighted by atomic mass is 9.94. The third-order valence-electron chi connectivity index (χ3n) is 4.43. The highest BCUT2D eigenvalue weighted by atomic mass is 79.9. The number of aliphatic imine (C=N–C) groups is 1. The summed E-state index contributed by atoms with van der Waals surface area (Å²) < 4.78 is 0.945. The van der Waals surface area contributed by atoms with E-state index in [1.54, 1.807) is 6.20 Å². The van der Waals surface area contributed by atoms with E-state index in [9.17, 15) is 4.79 Å². The van der Waals surface area contributed by atoms with Crippen LogP contribution in [0.2, 0.25) is 0 Å². The predicted molar refractivity (Wildman–Crippen MR) is 101 cm³/mol. The monoisotopic (exact) mass is 385 g/mol. The molecule has 124 valence electrons. The lowest BCUT2D eigenvalue weighted by Crippen LogP contribution is -2.32. The summed E-state index contributed by atoms with van der Waals surface area (Å²) in [5, 5.41) is 3.05. The molecular weight excluding hydrogens is 366 g/mol. The third-order valence-corrected chi connectivity index (χ3v) is 4.93. The van der Waals surface area contributed by atoms with Crippen molar-refractivity contribution < 1.29 is 4.79 Å². The van der Waals surface area contributed by atoms with E-state index in [0.29, 0.717) is 0 Å². The van der Waals surface area contributed by atoms with Crippen LogP contribution in [0.15, 0.2) is 52.1 Å². The van der Waals surface area contributed by atoms with Crippen molar-refractivity contribution in [3.63, 3.8) is 0 Å². The molecule has 1 aromatic heterocycles. The van der Waals surface area contributed by atoms with Gasteiger partial charge >= 0.3 is 0 Å². The molecule has 0 spiro atoms. The quantitative estimate of drug-likeness (QED) is 0.845. The van der Waals surface area contributed by atoms with Gasteiger partial charge in [0.15, 0.2) is 0 Å². The van der Waals surface area contributed by atoms with Crippen molar-refractivity contribution in [3.8, 4) is 0 Å². The molecule has 0 fully saturated rings. The largest absolute Gasteiger partial charge is 0.324 e. The van der Waals surface area contributed by atoms with E-state index in [1.807, 2.05) is 36.4 Å². The van der Waals surface area contributed by atoms with Crippen molar-refractivity contribution in [3.05, 3.63) is 58.3 Å². The second-order valence-electron chi connectivity index (χ2n) is 5.89. The van der Waals surface area contributed by atoms with Gasteiger partial charge in [-0.15, -0.1) is 0 Å². The first-order valence-electron chi connectivity index (χ1n) is 8.24. The van der Waals surface area contributed by atoms with Crippen molar-refractivity contribution in [1.29, 1.82) is 0 Å². The molecule has 0 radical (unpaired) electrons. The van der Waals surface area contributed by atoms with Gasteiger partial charge in [0.1, 0.15) is 6.04 Å². The first kappa shape index (κ1) is 16.8. The van der Waals surface area contributed by atoms with Crippen LogP contribution in [0, 0.1) is 5.92 Å². The van der Waals surface area contributed by atoms with Gasteiger partial charge in [-0.05, 0) is 36.2 Å². The number of carbonyl (C=O) groups excluding carboxylic acids is 1. The number of amides is 1. The van der Waals surface area contributed by atoms with E-state index >= 15 is 0 Å². The molecular formula is C19H20BrN3O. The number of hydrogen-bond acceptors (Lipinski definition) is 3. The van der Waals surface area contributed by atoms with Crippen LogP contribution in [0.4, 0.5) is 5.69 Å². The summed E-state index contributed by atoms with van der Waals surface area (Å²) >= 11 is 3.51. The molecule has 4 nitrogen and oxygen atoms in total. The number of anilines is 1. The van der Waals surface area contributed by atoms with E-state index in [4.69, 9.17) is 4.99 Å². The normalized spacial score (nSPS) is 17.1. The van der Waals surface area contributed by atoms with Gasteiger partial charge in [-0.25, -0.2) is 0 Å². The molecule has 3 rings (SSSR count). The fourth-order valence-corrected chi connectivity index (χ4v) is 3.42. The number of hydrogen-bond donors (Lipinski definition) is 1. The minimum absolute atomic E-state index is 0.0433. The van der Waals surface area contributed by atoms with Gasteiger partial charge in [-0.2, -0.15) is 0 Å². The highest BCUT2D eigenvalue weighted by Crippen LogP contribution is 2.29. The van der Waals surface area contributed by atoms with Crippen molar-refractivity contribution in [1.82, 2.24) is 4.98 Å². The van der Waals surface area contributed by atoms with E-state index < -0.39 is 6.04 Å². The second-order valence-corrected chi connectivity index (χ2v) is 6.81. The maximum absolute atomic E-state index is 12.7. The summed E-state index contributed by atoms with van der Waals surface area (Å²) in [4.78, 5) is 22.1. The number of pyridine rings is 1. The van der Waals surface area contributed by atoms with Gasteiger partial charge in [-0.1, -0.05) is 48.7 Å². The summed E-state index contributed by atoms with van der Waals surface area (Å²) in [5.74, 6) is 0.166. The van der Waals surface area contributed by atoms with Gasteiger partial charge in [0.05, 0.1) is 17.1 Å². The molecule has 2 aromatic rings. The number of benzodiazepines with no additional fused rings is 1. The highest BCUT2D eigenvalue weighted by Gasteiger charge is 2.30. The van der Waals surface area contributed by atoms with Crippen LogP contribution < -0.4 is 5.32 Å². The van der Waals surface area contributed by atoms with Crippen molar-refractivity contribution in [2.45, 2.75) is 32.7 Å². The van der Waals surface area contributed by atoms with E-state index in [2.05, 4.69) is 40.1 Å². The highest BCUT2D eigenvalue weighted by molar-refractivity contribution is 9.10. The van der Waals surface area contributed by atoms with Crippen LogP contribution >= 0.6 is 15.9 Å². The molecule has 0 saturated carbocycles. The zero-order chi connectivity index (χ0) is 17.1. The minimum Gasteiger partial charge on any atom is -0.324 e. The van der Waals surface area contributed by atoms with Crippen LogP contribution in [-0.4, -0.2) is 22.6 Å². The zero-order valence-electron chi connectivity index (χ0n) is 13.8. The molecule has 24 heavy (non-hydrogen) atoms. The van der Waals surface area contributed by atoms with Gasteiger partial charge in [-0.3, -0.25) is 14.8 Å². The lowest BCUT2D eigenvalue weighted by molar-refractivity contribution is -0.118. The molecule has 1 atom stereocenters. The Morgan fingerprint density at radius 2 is 2.00 bits per heavy atom. The van der Waals surface area contributed by atoms with Crippen molar-refractivity contribution >= 4 is 33.2 Å². The number of rotatable bonds is 4. The molecule has 1 aromatic carbocycles. The third kappa shape index (κ3) is 3.26. The van der Waals surface area contributed by atoms with Crippen molar-refractivity contribution in [2.24, 2.45) is 10.9 Å². The Labute approximate surface area is 150 Å². The molecule has 1 N–H and O–H groups in total. The standard InChI is InChI=1S/C19H20BrN3O/c1-3-12(4-2)17-19(24)22-15-9-8-13(20)11-14(15)18(23-17)16-7-5-6-10-21-16/h5-12,17H,3-4H2,1-2H3,(H,22,24). The van der Waals surface area contributed by atoms with E-state index in [1.165, 1.54) is 0 Å². The summed E-state index contributed by atoms with van der Waals surface area (Å²) in [6.45, 7) is 4.21. The maximum Gasteiger partial charge on any atom is 0.249 e. The fraction of sp³-hybridized carbons (Fsp3) is 0.316. The smallest absolute Gasteiger partial charge is 0.249 e. The first-order chi connectivity index (χ1) is 11.6. The number of carbonyl (C=O) groups is 1. The van der Waals surface area contributed by atoms with Gasteiger partial charge in [0.25, 0.3) is 0 Å². The second kappa shape index (κ2) is 7.26. The summed E-state index contributed by atoms with van der Waals surface area (Å²) in [7, 11) is 0. The molecule has 1 aliphatic heterocycles. The molecule has 0 saturated heterocycles. The number of halogens is 1. The number of nitrogens with zero attached hydrogens (tertiary/aromatic N) is 2. The summed E-state index contributed by atoms with van der Waals surface area (Å²) in [6, 6.07) is 11.2. The Bertz CT molecular complexity index is 769. The Balaban J connectivity index is 2.20. The Kier molecular flexibility index (Phi) is 5.09. The number of fused-ring (bicyclic) bond motifs is 1. The van der Waals surface area contributed by atoms with Crippen LogP contribution in [-0.2, 0) is 4.79 Å². The SMILES string of the molecule is CCC(CC)C1N=C(c2ccccn2)c2cc(Br)ccc2NC1=O. The minimum atomic E-state index is -0.400. The average Bonchev–Trinajstić information content (AvgIpc) is 2.74. The predicted octanol–water partition coefficient (Wildman–Crippen LogP) is 4.44. The molecule has 1 aliphatic rings. The van der Waals surface area contributed by atoms with Crippen LogP contribution in [0.1, 0.15) is 37.9 Å².